The maximum Gasteiger partial charge on any atom is 0.273 e. The second-order valence-electron chi connectivity index (χ2n) is 5.00. The number of nitrogens with one attached hydrogen (secondary N) is 2. The van der Waals surface area contributed by atoms with Gasteiger partial charge in [-0.15, -0.1) is 0 Å². The maximum absolute atomic E-state index is 6.17. The van der Waals surface area contributed by atoms with E-state index in [0.29, 0.717) is 6.54 Å². The van der Waals surface area contributed by atoms with Crippen molar-refractivity contribution in [2.75, 3.05) is 5.32 Å². The van der Waals surface area contributed by atoms with Crippen LogP contribution in [-0.4, -0.2) is 0 Å². The first kappa shape index (κ1) is 14.2. The molecule has 0 aliphatic rings. The van der Waals surface area contributed by atoms with Crippen molar-refractivity contribution in [1.29, 1.82) is 0 Å². The van der Waals surface area contributed by atoms with Crippen LogP contribution in [0.3, 0.4) is 0 Å². The van der Waals surface area contributed by atoms with E-state index in [0.717, 1.165) is 26.9 Å². The molecule has 3 rings (SSSR count). The summed E-state index contributed by atoms with van der Waals surface area (Å²) in [5.41, 5.74) is 3.28. The fourth-order valence-electron chi connectivity index (χ4n) is 2.37. The van der Waals surface area contributed by atoms with E-state index in [1.165, 1.54) is 10.9 Å². The summed E-state index contributed by atoms with van der Waals surface area (Å²) < 4.78 is 0. The number of aromatic amines is 1. The van der Waals surface area contributed by atoms with Crippen molar-refractivity contribution < 1.29 is 4.98 Å². The molecule has 21 heavy (non-hydrogen) atoms. The van der Waals surface area contributed by atoms with Gasteiger partial charge in [0, 0.05) is 33.1 Å². The Labute approximate surface area is 133 Å². The second kappa shape index (κ2) is 5.92. The number of fused-ring (bicyclic) bond motifs is 1. The number of rotatable bonds is 3. The van der Waals surface area contributed by atoms with E-state index < -0.39 is 0 Å². The molecule has 0 spiro atoms. The average Bonchev–Trinajstić information content (AvgIpc) is 2.46. The van der Waals surface area contributed by atoms with Crippen LogP contribution in [0.15, 0.2) is 48.5 Å². The molecule has 1 heterocycles. The Balaban J connectivity index is 1.89. The van der Waals surface area contributed by atoms with Crippen molar-refractivity contribution in [2.45, 2.75) is 13.5 Å². The Kier molecular flexibility index (Phi) is 4.00. The third kappa shape index (κ3) is 3.12. The number of pyridine rings is 1. The normalized spacial score (nSPS) is 10.8. The minimum absolute atomic E-state index is 0.668. The van der Waals surface area contributed by atoms with Crippen LogP contribution in [0, 0.1) is 6.92 Å². The zero-order chi connectivity index (χ0) is 14.8. The highest BCUT2D eigenvalue weighted by Gasteiger charge is 2.09. The van der Waals surface area contributed by atoms with Crippen LogP contribution in [0.5, 0.6) is 0 Å². The van der Waals surface area contributed by atoms with Gasteiger partial charge in [-0.2, -0.15) is 0 Å². The third-order valence-electron chi connectivity index (χ3n) is 3.46. The summed E-state index contributed by atoms with van der Waals surface area (Å²) in [6, 6.07) is 15.8. The van der Waals surface area contributed by atoms with Gasteiger partial charge < -0.3 is 0 Å². The predicted molar refractivity (Wildman–Crippen MR) is 89.0 cm³/mol. The molecule has 0 bridgehead atoms. The predicted octanol–water partition coefficient (Wildman–Crippen LogP) is 4.88. The quantitative estimate of drug-likeness (QED) is 0.732. The summed E-state index contributed by atoms with van der Waals surface area (Å²) >= 11 is 12.2. The molecular formula is C17H15Cl2N2+. The number of hydrogen-bond acceptors (Lipinski definition) is 1. The number of anilines is 1. The molecule has 0 unspecified atom stereocenters. The van der Waals surface area contributed by atoms with E-state index in [-0.39, 0.29) is 0 Å². The van der Waals surface area contributed by atoms with Gasteiger partial charge in [0.2, 0.25) is 0 Å². The Morgan fingerprint density at radius 3 is 2.67 bits per heavy atom. The zero-order valence-electron chi connectivity index (χ0n) is 11.6. The third-order valence-corrected chi connectivity index (χ3v) is 4.07. The van der Waals surface area contributed by atoms with E-state index in [4.69, 9.17) is 23.2 Å². The monoisotopic (exact) mass is 317 g/mol. The number of H-pyrrole nitrogens is 1. The molecule has 1 aromatic heterocycles. The van der Waals surface area contributed by atoms with Crippen LogP contribution in [-0.2, 0) is 6.54 Å². The van der Waals surface area contributed by atoms with Gasteiger partial charge in [-0.05, 0) is 30.7 Å². The minimum Gasteiger partial charge on any atom is -0.270 e. The molecule has 0 amide bonds. The van der Waals surface area contributed by atoms with Crippen molar-refractivity contribution in [3.05, 3.63) is 69.7 Å². The van der Waals surface area contributed by atoms with Gasteiger partial charge >= 0.3 is 0 Å². The van der Waals surface area contributed by atoms with Gasteiger partial charge in [0.05, 0.1) is 0 Å². The highest BCUT2D eigenvalue weighted by molar-refractivity contribution is 6.31. The lowest BCUT2D eigenvalue weighted by Crippen LogP contribution is -2.14. The van der Waals surface area contributed by atoms with Gasteiger partial charge in [-0.3, -0.25) is 5.32 Å². The van der Waals surface area contributed by atoms with Crippen molar-refractivity contribution in [3.8, 4) is 0 Å². The first-order chi connectivity index (χ1) is 10.1. The molecule has 0 fully saturated rings. The summed E-state index contributed by atoms with van der Waals surface area (Å²) in [4.78, 5) is 3.36. The molecule has 4 heteroatoms. The molecule has 0 radical (unpaired) electrons. The van der Waals surface area contributed by atoms with E-state index in [2.05, 4.69) is 23.3 Å². The van der Waals surface area contributed by atoms with Crippen LogP contribution in [0.1, 0.15) is 11.1 Å². The van der Waals surface area contributed by atoms with Crippen molar-refractivity contribution in [1.82, 2.24) is 0 Å². The lowest BCUT2D eigenvalue weighted by atomic mass is 10.1. The Bertz CT molecular complexity index is 800. The number of benzene rings is 2. The summed E-state index contributed by atoms with van der Waals surface area (Å²) in [6.07, 6.45) is 0. The highest BCUT2D eigenvalue weighted by Crippen LogP contribution is 2.21. The van der Waals surface area contributed by atoms with Gasteiger partial charge in [0.15, 0.2) is 0 Å². The number of aryl methyl sites for hydroxylation is 1. The first-order valence-electron chi connectivity index (χ1n) is 6.73. The molecule has 0 saturated heterocycles. The molecule has 106 valence electrons. The van der Waals surface area contributed by atoms with Crippen LogP contribution < -0.4 is 10.3 Å². The number of hydrogen-bond donors (Lipinski definition) is 1. The molecule has 0 saturated carbocycles. The van der Waals surface area contributed by atoms with Crippen molar-refractivity contribution >= 4 is 39.9 Å². The highest BCUT2D eigenvalue weighted by atomic mass is 35.5. The molecule has 0 atom stereocenters. The van der Waals surface area contributed by atoms with Gasteiger partial charge in [0.1, 0.15) is 12.1 Å². The maximum atomic E-state index is 6.17. The molecule has 2 aromatic carbocycles. The molecular weight excluding hydrogens is 303 g/mol. The zero-order valence-corrected chi connectivity index (χ0v) is 13.1. The van der Waals surface area contributed by atoms with E-state index in [1.807, 2.05) is 42.5 Å². The van der Waals surface area contributed by atoms with Gasteiger partial charge in [0.25, 0.3) is 5.82 Å². The molecule has 2 N–H and O–H groups in total. The number of aromatic nitrogens is 1. The van der Waals surface area contributed by atoms with Crippen molar-refractivity contribution in [3.63, 3.8) is 0 Å². The van der Waals surface area contributed by atoms with Crippen LogP contribution in [0.4, 0.5) is 5.82 Å². The fourth-order valence-corrected chi connectivity index (χ4v) is 2.74. The average molecular weight is 318 g/mol. The Morgan fingerprint density at radius 1 is 1.05 bits per heavy atom. The lowest BCUT2D eigenvalue weighted by Gasteiger charge is -2.05. The van der Waals surface area contributed by atoms with Crippen LogP contribution in [0.25, 0.3) is 10.9 Å². The second-order valence-corrected chi connectivity index (χ2v) is 5.84. The summed E-state index contributed by atoms with van der Waals surface area (Å²) in [5.74, 6) is 0.946. The van der Waals surface area contributed by atoms with Gasteiger partial charge in [-0.1, -0.05) is 41.4 Å². The molecule has 0 aliphatic carbocycles. The molecule has 3 aromatic rings. The summed E-state index contributed by atoms with van der Waals surface area (Å²) in [6.45, 7) is 2.76. The summed E-state index contributed by atoms with van der Waals surface area (Å²) in [5, 5.41) is 6.03. The van der Waals surface area contributed by atoms with E-state index in [1.54, 1.807) is 0 Å². The largest absolute Gasteiger partial charge is 0.273 e. The smallest absolute Gasteiger partial charge is 0.270 e. The topological polar surface area (TPSA) is 26.2 Å². The van der Waals surface area contributed by atoms with Crippen LogP contribution >= 0.6 is 23.2 Å². The molecule has 0 aliphatic heterocycles. The summed E-state index contributed by atoms with van der Waals surface area (Å²) in [7, 11) is 0. The van der Waals surface area contributed by atoms with Crippen molar-refractivity contribution in [2.24, 2.45) is 0 Å². The van der Waals surface area contributed by atoms with Gasteiger partial charge in [-0.25, -0.2) is 4.98 Å². The lowest BCUT2D eigenvalue weighted by molar-refractivity contribution is -0.327. The number of halogens is 2. The first-order valence-corrected chi connectivity index (χ1v) is 7.48. The SMILES string of the molecule is Cc1cc(NCc2ccccc2Cl)[nH+]c2cc(Cl)ccc12. The van der Waals surface area contributed by atoms with Crippen LogP contribution in [0.2, 0.25) is 10.0 Å². The standard InChI is InChI=1S/C17H14Cl2N2/c1-11-8-17(20-10-12-4-2-3-5-15(12)19)21-16-9-13(18)6-7-14(11)16/h2-9H,10H2,1H3,(H,20,21)/p+1. The van der Waals surface area contributed by atoms with E-state index in [9.17, 15) is 0 Å². The van der Waals surface area contributed by atoms with E-state index >= 15 is 0 Å². The molecule has 2 nitrogen and oxygen atoms in total. The fraction of sp³-hybridized carbons (Fsp3) is 0.118. The minimum atomic E-state index is 0.668. The Hall–Kier alpha value is -1.77. The Morgan fingerprint density at radius 2 is 1.86 bits per heavy atom.